The molecule has 1 amide bonds. The van der Waals surface area contributed by atoms with E-state index in [-0.39, 0.29) is 5.69 Å². The number of aromatic nitrogens is 3. The predicted molar refractivity (Wildman–Crippen MR) is 89.9 cm³/mol. The van der Waals surface area contributed by atoms with E-state index >= 15 is 0 Å². The molecule has 3 aromatic rings. The number of carbonyl (C=O) groups is 2. The molecule has 0 aliphatic carbocycles. The zero-order valence-electron chi connectivity index (χ0n) is 13.0. The number of amides is 1. The Labute approximate surface area is 141 Å². The molecule has 0 fully saturated rings. The molecule has 1 atom stereocenters. The number of nitrogens with one attached hydrogen (secondary N) is 1. The first-order valence-corrected chi connectivity index (χ1v) is 8.06. The Bertz CT molecular complexity index is 909. The highest BCUT2D eigenvalue weighted by atomic mass is 32.1. The number of rotatable bonds is 4. The summed E-state index contributed by atoms with van der Waals surface area (Å²) < 4.78 is 5.15. The summed E-state index contributed by atoms with van der Waals surface area (Å²) in [7, 11) is 0. The molecule has 2 aromatic heterocycles. The van der Waals surface area contributed by atoms with Gasteiger partial charge < -0.3 is 4.74 Å². The summed E-state index contributed by atoms with van der Waals surface area (Å²) in [6, 6.07) is 7.18. The third-order valence-electron chi connectivity index (χ3n) is 3.16. The number of hydrogen-bond acceptors (Lipinski definition) is 7. The topological polar surface area (TPSA) is 94.1 Å². The van der Waals surface area contributed by atoms with E-state index in [9.17, 15) is 9.59 Å². The van der Waals surface area contributed by atoms with Crippen LogP contribution < -0.4 is 5.32 Å². The highest BCUT2D eigenvalue weighted by Crippen LogP contribution is 2.15. The van der Waals surface area contributed by atoms with Crippen molar-refractivity contribution in [1.29, 1.82) is 0 Å². The van der Waals surface area contributed by atoms with Crippen molar-refractivity contribution in [2.24, 2.45) is 0 Å². The maximum atomic E-state index is 12.1. The molecular weight excluding hydrogens is 328 g/mol. The number of fused-ring (bicyclic) bond motifs is 1. The zero-order chi connectivity index (χ0) is 17.1. The molecular formula is C16H14N4O3S. The Hall–Kier alpha value is -2.87. The lowest BCUT2D eigenvalue weighted by Crippen LogP contribution is -2.30. The third kappa shape index (κ3) is 3.54. The van der Waals surface area contributed by atoms with Crippen molar-refractivity contribution in [3.8, 4) is 0 Å². The number of anilines is 1. The first-order chi connectivity index (χ1) is 11.5. The molecule has 0 aliphatic heterocycles. The molecule has 0 radical (unpaired) electrons. The lowest BCUT2D eigenvalue weighted by atomic mass is 10.3. The quantitative estimate of drug-likeness (QED) is 0.732. The lowest BCUT2D eigenvalue weighted by Gasteiger charge is -2.12. The van der Waals surface area contributed by atoms with Crippen molar-refractivity contribution in [1.82, 2.24) is 15.0 Å². The molecule has 3 rings (SSSR count). The van der Waals surface area contributed by atoms with Crippen LogP contribution in [0.2, 0.25) is 0 Å². The van der Waals surface area contributed by atoms with Gasteiger partial charge in [-0.15, -0.1) is 11.3 Å². The Kier molecular flexibility index (Phi) is 4.48. The molecule has 1 N–H and O–H groups in total. The van der Waals surface area contributed by atoms with Gasteiger partial charge in [-0.05, 0) is 26.0 Å². The van der Waals surface area contributed by atoms with Gasteiger partial charge in [-0.3, -0.25) is 15.1 Å². The fraction of sp³-hybridized carbons (Fsp3) is 0.188. The van der Waals surface area contributed by atoms with E-state index in [0.717, 1.165) is 5.69 Å². The summed E-state index contributed by atoms with van der Waals surface area (Å²) in [5.74, 6) is -1.15. The van der Waals surface area contributed by atoms with Crippen LogP contribution in [0.25, 0.3) is 11.0 Å². The van der Waals surface area contributed by atoms with Crippen molar-refractivity contribution in [2.45, 2.75) is 20.0 Å². The molecule has 0 bridgehead atoms. The third-order valence-corrected chi connectivity index (χ3v) is 4.04. The maximum Gasteiger partial charge on any atom is 0.359 e. The smallest absolute Gasteiger partial charge is 0.359 e. The molecule has 0 saturated carbocycles. The molecule has 0 saturated heterocycles. The Morgan fingerprint density at radius 3 is 2.67 bits per heavy atom. The molecule has 1 unspecified atom stereocenters. The minimum absolute atomic E-state index is 0.0541. The van der Waals surface area contributed by atoms with E-state index in [0.29, 0.717) is 16.2 Å². The van der Waals surface area contributed by atoms with Gasteiger partial charge in [0.1, 0.15) is 0 Å². The maximum absolute atomic E-state index is 12.1. The molecule has 8 heteroatoms. The lowest BCUT2D eigenvalue weighted by molar-refractivity contribution is -0.123. The van der Waals surface area contributed by atoms with E-state index in [1.165, 1.54) is 24.5 Å². The van der Waals surface area contributed by atoms with Crippen LogP contribution in [0.3, 0.4) is 0 Å². The number of para-hydroxylation sites is 2. The minimum atomic E-state index is -0.977. The number of ether oxygens (including phenoxy) is 1. The molecule has 122 valence electrons. The molecule has 7 nitrogen and oxygen atoms in total. The van der Waals surface area contributed by atoms with Crippen molar-refractivity contribution < 1.29 is 14.3 Å². The van der Waals surface area contributed by atoms with Crippen LogP contribution in [0.4, 0.5) is 5.13 Å². The minimum Gasteiger partial charge on any atom is -0.448 e. The largest absolute Gasteiger partial charge is 0.448 e. The van der Waals surface area contributed by atoms with E-state index < -0.39 is 18.0 Å². The van der Waals surface area contributed by atoms with Crippen molar-refractivity contribution in [3.63, 3.8) is 0 Å². The second-order valence-electron chi connectivity index (χ2n) is 5.07. The number of aryl methyl sites for hydroxylation is 1. The summed E-state index contributed by atoms with van der Waals surface area (Å²) in [5.41, 5.74) is 2.13. The van der Waals surface area contributed by atoms with Crippen molar-refractivity contribution in [3.05, 3.63) is 47.2 Å². The zero-order valence-corrected chi connectivity index (χ0v) is 13.8. The number of thiazole rings is 1. The van der Waals surface area contributed by atoms with Gasteiger partial charge in [0.15, 0.2) is 16.9 Å². The van der Waals surface area contributed by atoms with Gasteiger partial charge in [0, 0.05) is 5.38 Å². The molecule has 1 aromatic carbocycles. The number of carbonyl (C=O) groups excluding carboxylic acids is 2. The van der Waals surface area contributed by atoms with Crippen LogP contribution in [0.15, 0.2) is 35.8 Å². The van der Waals surface area contributed by atoms with Gasteiger partial charge >= 0.3 is 5.97 Å². The van der Waals surface area contributed by atoms with E-state index in [2.05, 4.69) is 20.3 Å². The van der Waals surface area contributed by atoms with Gasteiger partial charge in [-0.25, -0.2) is 14.8 Å². The summed E-state index contributed by atoms with van der Waals surface area (Å²) in [6.07, 6.45) is 0.356. The average molecular weight is 342 g/mol. The Balaban J connectivity index is 1.67. The summed E-state index contributed by atoms with van der Waals surface area (Å²) >= 11 is 1.31. The Morgan fingerprint density at radius 2 is 1.96 bits per heavy atom. The van der Waals surface area contributed by atoms with Gasteiger partial charge in [-0.1, -0.05) is 12.1 Å². The van der Waals surface area contributed by atoms with Crippen LogP contribution in [-0.4, -0.2) is 32.9 Å². The first-order valence-electron chi connectivity index (χ1n) is 7.18. The van der Waals surface area contributed by atoms with Crippen LogP contribution >= 0.6 is 11.3 Å². The number of benzene rings is 1. The summed E-state index contributed by atoms with van der Waals surface area (Å²) in [5, 5.41) is 4.88. The molecule has 0 aliphatic rings. The highest BCUT2D eigenvalue weighted by Gasteiger charge is 2.21. The van der Waals surface area contributed by atoms with Crippen LogP contribution in [0.5, 0.6) is 0 Å². The SMILES string of the molecule is Cc1csc(NC(=O)C(C)OC(=O)c2cnc3ccccc3n2)n1. The van der Waals surface area contributed by atoms with E-state index in [1.54, 1.807) is 18.2 Å². The van der Waals surface area contributed by atoms with Crippen LogP contribution in [0.1, 0.15) is 23.1 Å². The average Bonchev–Trinajstić information content (AvgIpc) is 2.99. The van der Waals surface area contributed by atoms with Crippen LogP contribution in [-0.2, 0) is 9.53 Å². The second-order valence-corrected chi connectivity index (χ2v) is 5.93. The fourth-order valence-corrected chi connectivity index (χ4v) is 2.64. The van der Waals surface area contributed by atoms with Gasteiger partial charge in [-0.2, -0.15) is 0 Å². The number of esters is 1. The van der Waals surface area contributed by atoms with Gasteiger partial charge in [0.05, 0.1) is 22.9 Å². The highest BCUT2D eigenvalue weighted by molar-refractivity contribution is 7.13. The molecule has 2 heterocycles. The number of nitrogens with zero attached hydrogens (tertiary/aromatic N) is 3. The monoisotopic (exact) mass is 342 g/mol. The Morgan fingerprint density at radius 1 is 1.21 bits per heavy atom. The predicted octanol–water partition coefficient (Wildman–Crippen LogP) is 2.58. The normalized spacial score (nSPS) is 11.9. The standard InChI is InChI=1S/C16H14N4O3S/c1-9-8-24-16(18-9)20-14(21)10(2)23-15(22)13-7-17-11-5-3-4-6-12(11)19-13/h3-8,10H,1-2H3,(H,18,20,21). The molecule has 24 heavy (non-hydrogen) atoms. The van der Waals surface area contributed by atoms with Crippen LogP contribution in [0, 0.1) is 6.92 Å². The second kappa shape index (κ2) is 6.71. The number of hydrogen-bond donors (Lipinski definition) is 1. The van der Waals surface area contributed by atoms with Gasteiger partial charge in [0.25, 0.3) is 5.91 Å². The van der Waals surface area contributed by atoms with Gasteiger partial charge in [0.2, 0.25) is 0 Å². The fourth-order valence-electron chi connectivity index (χ4n) is 1.95. The summed E-state index contributed by atoms with van der Waals surface area (Å²) in [6.45, 7) is 3.32. The summed E-state index contributed by atoms with van der Waals surface area (Å²) in [4.78, 5) is 36.7. The molecule has 0 spiro atoms. The first kappa shape index (κ1) is 16.0. The van der Waals surface area contributed by atoms with E-state index in [4.69, 9.17) is 4.74 Å². The van der Waals surface area contributed by atoms with E-state index in [1.807, 2.05) is 18.4 Å². The van der Waals surface area contributed by atoms with Crippen molar-refractivity contribution >= 4 is 39.4 Å². The van der Waals surface area contributed by atoms with Crippen molar-refractivity contribution in [2.75, 3.05) is 5.32 Å².